The molecule has 0 atom stereocenters. The number of anilines is 1. The molecule has 0 aliphatic heterocycles. The van der Waals surface area contributed by atoms with Gasteiger partial charge >= 0.3 is 6.18 Å². The summed E-state index contributed by atoms with van der Waals surface area (Å²) in [6, 6.07) is 7.43. The minimum absolute atomic E-state index is 0.0683. The van der Waals surface area contributed by atoms with Crippen LogP contribution in [0.15, 0.2) is 51.0 Å². The van der Waals surface area contributed by atoms with E-state index < -0.39 is 28.8 Å². The predicted molar refractivity (Wildman–Crippen MR) is 117 cm³/mol. The highest BCUT2D eigenvalue weighted by Crippen LogP contribution is 2.31. The molecule has 0 aliphatic rings. The third kappa shape index (κ3) is 4.58. The van der Waals surface area contributed by atoms with Gasteiger partial charge in [0.05, 0.1) is 16.9 Å². The molecule has 0 radical (unpaired) electrons. The first-order valence-corrected chi connectivity index (χ1v) is 10.5. The molecule has 0 saturated heterocycles. The number of hydrogen-bond donors (Lipinski definition) is 1. The monoisotopic (exact) mass is 474 g/mol. The van der Waals surface area contributed by atoms with Gasteiger partial charge in [-0.2, -0.15) is 18.3 Å². The molecule has 7 nitrogen and oxygen atoms in total. The number of aromatic nitrogens is 3. The first-order valence-electron chi connectivity index (χ1n) is 9.66. The normalized spacial score (nSPS) is 11.6. The summed E-state index contributed by atoms with van der Waals surface area (Å²) >= 11 is 1.15. The summed E-state index contributed by atoms with van der Waals surface area (Å²) < 4.78 is 45.9. The highest BCUT2D eigenvalue weighted by molar-refractivity contribution is 7.14. The molecule has 170 valence electrons. The van der Waals surface area contributed by atoms with Crippen molar-refractivity contribution in [1.82, 2.24) is 14.8 Å². The van der Waals surface area contributed by atoms with Crippen LogP contribution in [0, 0.1) is 20.8 Å². The molecular weight excluding hydrogens is 457 g/mol. The van der Waals surface area contributed by atoms with Crippen molar-refractivity contribution >= 4 is 22.4 Å². The first kappa shape index (κ1) is 22.5. The number of alkyl halides is 3. The van der Waals surface area contributed by atoms with Gasteiger partial charge in [-0.1, -0.05) is 6.07 Å². The fourth-order valence-electron chi connectivity index (χ4n) is 3.28. The molecule has 4 aromatic rings. The molecule has 0 fully saturated rings. The smallest absolute Gasteiger partial charge is 0.416 e. The summed E-state index contributed by atoms with van der Waals surface area (Å²) in [7, 11) is 0. The first-order chi connectivity index (χ1) is 15.5. The zero-order valence-electron chi connectivity index (χ0n) is 17.6. The van der Waals surface area contributed by atoms with Crippen LogP contribution in [0.5, 0.6) is 0 Å². The maximum atomic E-state index is 13.1. The van der Waals surface area contributed by atoms with Gasteiger partial charge < -0.3 is 4.42 Å². The van der Waals surface area contributed by atoms with Gasteiger partial charge in [0, 0.05) is 22.7 Å². The number of rotatable bonds is 4. The summed E-state index contributed by atoms with van der Waals surface area (Å²) in [6.07, 6.45) is -4.54. The van der Waals surface area contributed by atoms with Crippen LogP contribution in [0.25, 0.3) is 16.9 Å². The lowest BCUT2D eigenvalue weighted by Gasteiger charge is -2.13. The predicted octanol–water partition coefficient (Wildman–Crippen LogP) is 5.15. The van der Waals surface area contributed by atoms with Crippen molar-refractivity contribution in [3.63, 3.8) is 0 Å². The van der Waals surface area contributed by atoms with Crippen LogP contribution in [0.1, 0.15) is 33.3 Å². The Kier molecular flexibility index (Phi) is 5.66. The highest BCUT2D eigenvalue weighted by atomic mass is 32.1. The van der Waals surface area contributed by atoms with Gasteiger partial charge in [0.25, 0.3) is 5.91 Å². The molecule has 33 heavy (non-hydrogen) atoms. The Morgan fingerprint density at radius 3 is 2.58 bits per heavy atom. The highest BCUT2D eigenvalue weighted by Gasteiger charge is 2.30. The van der Waals surface area contributed by atoms with Crippen LogP contribution < -0.4 is 10.7 Å². The number of thiazole rings is 1. The minimum atomic E-state index is -4.54. The van der Waals surface area contributed by atoms with Gasteiger partial charge in [-0.3, -0.25) is 14.9 Å². The van der Waals surface area contributed by atoms with Gasteiger partial charge in [0.15, 0.2) is 10.8 Å². The summed E-state index contributed by atoms with van der Waals surface area (Å²) in [5, 5.41) is 8.53. The van der Waals surface area contributed by atoms with Gasteiger partial charge in [-0.15, -0.1) is 11.3 Å². The van der Waals surface area contributed by atoms with E-state index in [0.29, 0.717) is 11.5 Å². The average Bonchev–Trinajstić information content (AvgIpc) is 3.32. The Bertz CT molecular complexity index is 1420. The Morgan fingerprint density at radius 1 is 1.15 bits per heavy atom. The van der Waals surface area contributed by atoms with Gasteiger partial charge in [0.2, 0.25) is 5.43 Å². The van der Waals surface area contributed by atoms with Crippen molar-refractivity contribution in [1.29, 1.82) is 0 Å². The fourth-order valence-corrected chi connectivity index (χ4v) is 3.98. The lowest BCUT2D eigenvalue weighted by atomic mass is 10.2. The molecule has 0 aliphatic carbocycles. The van der Waals surface area contributed by atoms with Crippen LogP contribution in [-0.2, 0) is 6.18 Å². The number of halogens is 3. The Labute approximate surface area is 189 Å². The third-order valence-corrected chi connectivity index (χ3v) is 5.54. The van der Waals surface area contributed by atoms with Crippen LogP contribution in [-0.4, -0.2) is 20.7 Å². The van der Waals surface area contributed by atoms with Crippen LogP contribution in [0.2, 0.25) is 0 Å². The molecule has 1 aromatic carbocycles. The lowest BCUT2D eigenvalue weighted by molar-refractivity contribution is -0.137. The standard InChI is InChI=1S/C22H17F3N4O3S/c1-11-7-18(30)19(28-29(11)15-6-4-5-14(9-15)22(23,24)25)20(31)27-21-26-17(10-33-21)16-8-12(2)32-13(16)3/h4-10H,1-3H3,(H,26,27,31). The second-order valence-corrected chi connectivity index (χ2v) is 8.14. The summed E-state index contributed by atoms with van der Waals surface area (Å²) in [6.45, 7) is 5.12. The van der Waals surface area contributed by atoms with Crippen molar-refractivity contribution < 1.29 is 22.4 Å². The zero-order valence-corrected chi connectivity index (χ0v) is 18.5. The summed E-state index contributed by atoms with van der Waals surface area (Å²) in [4.78, 5) is 29.5. The van der Waals surface area contributed by atoms with Crippen LogP contribution >= 0.6 is 11.3 Å². The summed E-state index contributed by atoms with van der Waals surface area (Å²) in [5.41, 5.74) is -0.271. The number of nitrogens with zero attached hydrogens (tertiary/aromatic N) is 3. The van der Waals surface area contributed by atoms with E-state index in [1.807, 2.05) is 13.0 Å². The molecular formula is C22H17F3N4O3S. The second-order valence-electron chi connectivity index (χ2n) is 7.28. The number of carbonyl (C=O) groups is 1. The van der Waals surface area contributed by atoms with Crippen LogP contribution in [0.3, 0.4) is 0 Å². The molecule has 3 aromatic heterocycles. The molecule has 1 amide bonds. The number of carbonyl (C=O) groups excluding carboxylic acids is 1. The molecule has 3 heterocycles. The number of benzene rings is 1. The Hall–Kier alpha value is -3.73. The SMILES string of the molecule is Cc1cc(-c2csc(NC(=O)c3nn(-c4cccc(C(F)(F)F)c4)c(C)cc3=O)n2)c(C)o1. The lowest BCUT2D eigenvalue weighted by Crippen LogP contribution is -2.27. The van der Waals surface area contributed by atoms with Gasteiger partial charge in [-0.05, 0) is 45.0 Å². The molecule has 4 rings (SSSR count). The number of nitrogens with one attached hydrogen (secondary N) is 1. The molecule has 0 saturated carbocycles. The summed E-state index contributed by atoms with van der Waals surface area (Å²) in [5.74, 6) is 0.585. The van der Waals surface area contributed by atoms with Crippen molar-refractivity contribution in [3.05, 3.63) is 80.5 Å². The Balaban J connectivity index is 1.64. The van der Waals surface area contributed by atoms with E-state index in [0.717, 1.165) is 45.5 Å². The van der Waals surface area contributed by atoms with E-state index in [2.05, 4.69) is 15.4 Å². The van der Waals surface area contributed by atoms with E-state index in [1.54, 1.807) is 12.3 Å². The van der Waals surface area contributed by atoms with Gasteiger partial charge in [0.1, 0.15) is 11.5 Å². The van der Waals surface area contributed by atoms with Crippen molar-refractivity contribution in [3.8, 4) is 16.9 Å². The minimum Gasteiger partial charge on any atom is -0.466 e. The van der Waals surface area contributed by atoms with Gasteiger partial charge in [-0.25, -0.2) is 9.67 Å². The number of amides is 1. The van der Waals surface area contributed by atoms with Crippen molar-refractivity contribution in [2.24, 2.45) is 0 Å². The maximum Gasteiger partial charge on any atom is 0.416 e. The molecule has 0 unspecified atom stereocenters. The van der Waals surface area contributed by atoms with E-state index in [4.69, 9.17) is 4.42 Å². The van der Waals surface area contributed by atoms with E-state index in [1.165, 1.54) is 19.1 Å². The van der Waals surface area contributed by atoms with E-state index in [9.17, 15) is 22.8 Å². The average molecular weight is 474 g/mol. The van der Waals surface area contributed by atoms with Crippen molar-refractivity contribution in [2.45, 2.75) is 26.9 Å². The number of hydrogen-bond acceptors (Lipinski definition) is 6. The molecule has 0 bridgehead atoms. The molecule has 0 spiro atoms. The number of furan rings is 1. The topological polar surface area (TPSA) is 90.0 Å². The van der Waals surface area contributed by atoms with E-state index >= 15 is 0 Å². The fraction of sp³-hybridized carbons (Fsp3) is 0.182. The molecule has 11 heteroatoms. The maximum absolute atomic E-state index is 13.1. The zero-order chi connectivity index (χ0) is 23.9. The quantitative estimate of drug-likeness (QED) is 0.442. The van der Waals surface area contributed by atoms with Crippen molar-refractivity contribution in [2.75, 3.05) is 5.32 Å². The van der Waals surface area contributed by atoms with Crippen LogP contribution in [0.4, 0.5) is 18.3 Å². The second kappa shape index (κ2) is 8.32. The Morgan fingerprint density at radius 2 is 1.91 bits per heavy atom. The van der Waals surface area contributed by atoms with E-state index in [-0.39, 0.29) is 16.5 Å². The number of aryl methyl sites for hydroxylation is 3. The third-order valence-electron chi connectivity index (χ3n) is 4.78. The molecule has 1 N–H and O–H groups in total. The largest absolute Gasteiger partial charge is 0.466 e.